The van der Waals surface area contributed by atoms with Gasteiger partial charge >= 0.3 is 0 Å². The van der Waals surface area contributed by atoms with Crippen LogP contribution in [0.25, 0.3) is 0 Å². The summed E-state index contributed by atoms with van der Waals surface area (Å²) >= 11 is 0. The molecule has 0 aromatic rings. The Kier molecular flexibility index (Phi) is 3.96. The molecule has 1 saturated heterocycles. The highest BCUT2D eigenvalue weighted by Crippen LogP contribution is 2.17. The molecule has 1 aliphatic heterocycles. The van der Waals surface area contributed by atoms with E-state index in [-0.39, 0.29) is 5.54 Å². The molecule has 0 amide bonds. The van der Waals surface area contributed by atoms with Crippen LogP contribution in [0.1, 0.15) is 41.0 Å². The van der Waals surface area contributed by atoms with E-state index in [4.69, 9.17) is 0 Å². The zero-order valence-corrected chi connectivity index (χ0v) is 10.4. The van der Waals surface area contributed by atoms with Crippen LogP contribution in [0.4, 0.5) is 0 Å². The van der Waals surface area contributed by atoms with Crippen molar-refractivity contribution < 1.29 is 0 Å². The van der Waals surface area contributed by atoms with Gasteiger partial charge in [0.15, 0.2) is 0 Å². The van der Waals surface area contributed by atoms with Crippen LogP contribution in [-0.4, -0.2) is 36.1 Å². The molecule has 2 atom stereocenters. The summed E-state index contributed by atoms with van der Waals surface area (Å²) < 4.78 is 0. The molecule has 0 radical (unpaired) electrons. The van der Waals surface area contributed by atoms with Gasteiger partial charge in [-0.25, -0.2) is 0 Å². The van der Waals surface area contributed by atoms with Crippen molar-refractivity contribution in [2.24, 2.45) is 5.92 Å². The van der Waals surface area contributed by atoms with Gasteiger partial charge in [-0.3, -0.25) is 4.90 Å². The van der Waals surface area contributed by atoms with Crippen molar-refractivity contribution in [2.45, 2.75) is 52.6 Å². The Morgan fingerprint density at radius 3 is 2.71 bits per heavy atom. The molecule has 0 saturated carbocycles. The Morgan fingerprint density at radius 1 is 1.50 bits per heavy atom. The number of nitrogens with one attached hydrogen (secondary N) is 1. The summed E-state index contributed by atoms with van der Waals surface area (Å²) in [5.74, 6) is 0.769. The average Bonchev–Trinajstić information content (AvgIpc) is 2.24. The van der Waals surface area contributed by atoms with Crippen LogP contribution < -0.4 is 5.32 Å². The molecule has 0 aliphatic carbocycles. The van der Waals surface area contributed by atoms with Gasteiger partial charge in [-0.2, -0.15) is 0 Å². The fourth-order valence-electron chi connectivity index (χ4n) is 2.14. The lowest BCUT2D eigenvalue weighted by molar-refractivity contribution is 0.165. The standard InChI is InChI=1S/C12H26N2/c1-6-11(3)14-8-10(2)7-13-12(4,5)9-14/h10-11,13H,6-9H2,1-5H3. The van der Waals surface area contributed by atoms with E-state index in [1.165, 1.54) is 19.5 Å². The predicted octanol–water partition coefficient (Wildman–Crippen LogP) is 2.10. The van der Waals surface area contributed by atoms with Gasteiger partial charge in [0.25, 0.3) is 0 Å². The summed E-state index contributed by atoms with van der Waals surface area (Å²) in [5.41, 5.74) is 0.272. The summed E-state index contributed by atoms with van der Waals surface area (Å²) in [4.78, 5) is 2.63. The summed E-state index contributed by atoms with van der Waals surface area (Å²) in [6.45, 7) is 15.1. The van der Waals surface area contributed by atoms with Crippen molar-refractivity contribution in [2.75, 3.05) is 19.6 Å². The third-order valence-corrected chi connectivity index (χ3v) is 3.29. The lowest BCUT2D eigenvalue weighted by Gasteiger charge is -2.33. The second-order valence-electron chi connectivity index (χ2n) is 5.56. The summed E-state index contributed by atoms with van der Waals surface area (Å²) in [7, 11) is 0. The van der Waals surface area contributed by atoms with E-state index in [0.29, 0.717) is 0 Å². The maximum absolute atomic E-state index is 3.64. The van der Waals surface area contributed by atoms with Crippen molar-refractivity contribution >= 4 is 0 Å². The fourth-order valence-corrected chi connectivity index (χ4v) is 2.14. The molecule has 1 rings (SSSR count). The zero-order chi connectivity index (χ0) is 10.8. The van der Waals surface area contributed by atoms with E-state index in [0.717, 1.165) is 18.5 Å². The monoisotopic (exact) mass is 198 g/mol. The first-order valence-corrected chi connectivity index (χ1v) is 5.93. The summed E-state index contributed by atoms with van der Waals surface area (Å²) in [5, 5.41) is 3.64. The molecule has 1 fully saturated rings. The van der Waals surface area contributed by atoms with E-state index in [2.05, 4.69) is 44.8 Å². The van der Waals surface area contributed by atoms with Gasteiger partial charge in [0.2, 0.25) is 0 Å². The van der Waals surface area contributed by atoms with Crippen LogP contribution in [0.3, 0.4) is 0 Å². The van der Waals surface area contributed by atoms with Crippen LogP contribution in [0, 0.1) is 5.92 Å². The van der Waals surface area contributed by atoms with Crippen LogP contribution in [0.5, 0.6) is 0 Å². The Bertz CT molecular complexity index is 177. The molecule has 14 heavy (non-hydrogen) atoms. The Balaban J connectivity index is 2.64. The minimum atomic E-state index is 0.272. The third kappa shape index (κ3) is 3.25. The van der Waals surface area contributed by atoms with Crippen molar-refractivity contribution in [1.29, 1.82) is 0 Å². The molecule has 2 heteroatoms. The topological polar surface area (TPSA) is 15.3 Å². The molecule has 2 unspecified atom stereocenters. The SMILES string of the molecule is CCC(C)N1CC(C)CNC(C)(C)C1. The van der Waals surface area contributed by atoms with Crippen molar-refractivity contribution in [3.63, 3.8) is 0 Å². The number of hydrogen-bond acceptors (Lipinski definition) is 2. The quantitative estimate of drug-likeness (QED) is 0.731. The van der Waals surface area contributed by atoms with Gasteiger partial charge in [0, 0.05) is 24.7 Å². The van der Waals surface area contributed by atoms with Crippen LogP contribution >= 0.6 is 0 Å². The highest BCUT2D eigenvalue weighted by molar-refractivity contribution is 4.88. The molecule has 0 aromatic heterocycles. The molecule has 0 aromatic carbocycles. The van der Waals surface area contributed by atoms with Crippen LogP contribution in [-0.2, 0) is 0 Å². The van der Waals surface area contributed by atoms with Gasteiger partial charge in [0.05, 0.1) is 0 Å². The Morgan fingerprint density at radius 2 is 2.14 bits per heavy atom. The largest absolute Gasteiger partial charge is 0.310 e. The first-order valence-electron chi connectivity index (χ1n) is 5.93. The minimum absolute atomic E-state index is 0.272. The second-order valence-corrected chi connectivity index (χ2v) is 5.56. The number of hydrogen-bond donors (Lipinski definition) is 1. The van der Waals surface area contributed by atoms with Gasteiger partial charge in [-0.1, -0.05) is 13.8 Å². The first kappa shape index (κ1) is 12.0. The maximum atomic E-state index is 3.64. The highest BCUT2D eigenvalue weighted by atomic mass is 15.2. The number of nitrogens with zero attached hydrogens (tertiary/aromatic N) is 1. The Hall–Kier alpha value is -0.0800. The molecule has 84 valence electrons. The van der Waals surface area contributed by atoms with Gasteiger partial charge in [0.1, 0.15) is 0 Å². The van der Waals surface area contributed by atoms with E-state index < -0.39 is 0 Å². The normalized spacial score (nSPS) is 31.1. The van der Waals surface area contributed by atoms with E-state index in [9.17, 15) is 0 Å². The third-order valence-electron chi connectivity index (χ3n) is 3.29. The van der Waals surface area contributed by atoms with E-state index in [1.54, 1.807) is 0 Å². The lowest BCUT2D eigenvalue weighted by atomic mass is 10.0. The highest BCUT2D eigenvalue weighted by Gasteiger charge is 2.28. The van der Waals surface area contributed by atoms with Crippen molar-refractivity contribution in [3.8, 4) is 0 Å². The minimum Gasteiger partial charge on any atom is -0.310 e. The van der Waals surface area contributed by atoms with Gasteiger partial charge in [-0.15, -0.1) is 0 Å². The van der Waals surface area contributed by atoms with Gasteiger partial charge in [-0.05, 0) is 39.7 Å². The molecule has 1 N–H and O–H groups in total. The maximum Gasteiger partial charge on any atom is 0.0252 e. The first-order chi connectivity index (χ1) is 6.44. The molecule has 0 spiro atoms. The van der Waals surface area contributed by atoms with Crippen molar-refractivity contribution in [3.05, 3.63) is 0 Å². The van der Waals surface area contributed by atoms with Crippen LogP contribution in [0.15, 0.2) is 0 Å². The zero-order valence-electron chi connectivity index (χ0n) is 10.4. The molecule has 0 bridgehead atoms. The molecule has 1 aliphatic rings. The number of rotatable bonds is 2. The predicted molar refractivity (Wildman–Crippen MR) is 62.6 cm³/mol. The summed E-state index contributed by atoms with van der Waals surface area (Å²) in [6, 6.07) is 0.719. The average molecular weight is 198 g/mol. The molecule has 2 nitrogen and oxygen atoms in total. The Labute approximate surface area is 89.1 Å². The molecule has 1 heterocycles. The fraction of sp³-hybridized carbons (Fsp3) is 1.00. The summed E-state index contributed by atoms with van der Waals surface area (Å²) in [6.07, 6.45) is 1.25. The lowest BCUT2D eigenvalue weighted by Crippen LogP contribution is -2.48. The van der Waals surface area contributed by atoms with Gasteiger partial charge < -0.3 is 5.32 Å². The van der Waals surface area contributed by atoms with E-state index in [1.807, 2.05) is 0 Å². The van der Waals surface area contributed by atoms with E-state index >= 15 is 0 Å². The molecular weight excluding hydrogens is 172 g/mol. The van der Waals surface area contributed by atoms with Crippen molar-refractivity contribution in [1.82, 2.24) is 10.2 Å². The molecular formula is C12H26N2. The smallest absolute Gasteiger partial charge is 0.0252 e. The second kappa shape index (κ2) is 4.63. The van der Waals surface area contributed by atoms with Crippen LogP contribution in [0.2, 0.25) is 0 Å².